The van der Waals surface area contributed by atoms with E-state index in [0.29, 0.717) is 6.61 Å². The molecule has 0 amide bonds. The fourth-order valence-electron chi connectivity index (χ4n) is 1.78. The van der Waals surface area contributed by atoms with Gasteiger partial charge in [-0.3, -0.25) is 0 Å². The molecule has 1 aliphatic rings. The van der Waals surface area contributed by atoms with Crippen LogP contribution in [0.4, 0.5) is 0 Å². The monoisotopic (exact) mass is 233 g/mol. The van der Waals surface area contributed by atoms with Crippen molar-refractivity contribution in [1.82, 2.24) is 0 Å². The van der Waals surface area contributed by atoms with E-state index in [2.05, 4.69) is 25.8 Å². The quantitative estimate of drug-likeness (QED) is 0.785. The van der Waals surface area contributed by atoms with Gasteiger partial charge < -0.3 is 9.47 Å². The van der Waals surface area contributed by atoms with Gasteiger partial charge in [0.1, 0.15) is 18.4 Å². The zero-order chi connectivity index (χ0) is 12.5. The summed E-state index contributed by atoms with van der Waals surface area (Å²) in [7, 11) is 1.67. The second-order valence-corrected chi connectivity index (χ2v) is 5.28. The third-order valence-corrected chi connectivity index (χ3v) is 2.79. The first kappa shape index (κ1) is 12.0. The highest BCUT2D eigenvalue weighted by Crippen LogP contribution is 2.30. The molecule has 3 heteroatoms. The Kier molecular flexibility index (Phi) is 3.09. The summed E-state index contributed by atoms with van der Waals surface area (Å²) in [5.74, 6) is 1.71. The largest absolute Gasteiger partial charge is 0.497 e. The standard InChI is InChI=1S/C14H19NO2/c1-14(2,3)13-15-12(9-17-13)10-5-7-11(16-4)8-6-10/h5-8,12H,9H2,1-4H3. The van der Waals surface area contributed by atoms with Gasteiger partial charge in [0.15, 0.2) is 5.90 Å². The number of hydrogen-bond donors (Lipinski definition) is 0. The Morgan fingerprint density at radius 1 is 1.24 bits per heavy atom. The summed E-state index contributed by atoms with van der Waals surface area (Å²) in [6.07, 6.45) is 0. The molecule has 1 atom stereocenters. The maximum Gasteiger partial charge on any atom is 0.189 e. The molecule has 0 aliphatic carbocycles. The van der Waals surface area contributed by atoms with Crippen molar-refractivity contribution in [2.45, 2.75) is 26.8 Å². The van der Waals surface area contributed by atoms with Gasteiger partial charge in [-0.15, -0.1) is 0 Å². The molecule has 1 aliphatic heterocycles. The van der Waals surface area contributed by atoms with E-state index in [-0.39, 0.29) is 11.5 Å². The van der Waals surface area contributed by atoms with Gasteiger partial charge in [-0.25, -0.2) is 4.99 Å². The summed E-state index contributed by atoms with van der Waals surface area (Å²) in [4.78, 5) is 4.64. The maximum atomic E-state index is 5.66. The lowest BCUT2D eigenvalue weighted by Gasteiger charge is -2.16. The van der Waals surface area contributed by atoms with Crippen molar-refractivity contribution in [2.75, 3.05) is 13.7 Å². The topological polar surface area (TPSA) is 30.8 Å². The lowest BCUT2D eigenvalue weighted by molar-refractivity contribution is 0.283. The molecule has 0 radical (unpaired) electrons. The Morgan fingerprint density at radius 2 is 1.88 bits per heavy atom. The first-order valence-corrected chi connectivity index (χ1v) is 5.86. The zero-order valence-electron chi connectivity index (χ0n) is 10.9. The highest BCUT2D eigenvalue weighted by molar-refractivity contribution is 5.83. The number of ether oxygens (including phenoxy) is 2. The van der Waals surface area contributed by atoms with Crippen LogP contribution in [0.5, 0.6) is 5.75 Å². The molecular weight excluding hydrogens is 214 g/mol. The summed E-state index contributed by atoms with van der Waals surface area (Å²) in [5.41, 5.74) is 1.16. The van der Waals surface area contributed by atoms with Crippen molar-refractivity contribution in [3.8, 4) is 5.75 Å². The van der Waals surface area contributed by atoms with Gasteiger partial charge in [-0.1, -0.05) is 32.9 Å². The van der Waals surface area contributed by atoms with Gasteiger partial charge in [0.25, 0.3) is 0 Å². The van der Waals surface area contributed by atoms with Crippen LogP contribution in [0.25, 0.3) is 0 Å². The predicted molar refractivity (Wildman–Crippen MR) is 68.6 cm³/mol. The molecule has 0 saturated heterocycles. The van der Waals surface area contributed by atoms with Crippen LogP contribution in [-0.4, -0.2) is 19.6 Å². The molecule has 1 aromatic rings. The number of nitrogens with zero attached hydrogens (tertiary/aromatic N) is 1. The second kappa shape index (κ2) is 4.40. The molecule has 3 nitrogen and oxygen atoms in total. The number of methoxy groups -OCH3 is 1. The molecule has 0 spiro atoms. The summed E-state index contributed by atoms with van der Waals surface area (Å²) >= 11 is 0. The molecular formula is C14H19NO2. The van der Waals surface area contributed by atoms with Crippen LogP contribution in [0.2, 0.25) is 0 Å². The molecule has 1 aromatic carbocycles. The van der Waals surface area contributed by atoms with Crippen molar-refractivity contribution in [3.05, 3.63) is 29.8 Å². The molecule has 92 valence electrons. The van der Waals surface area contributed by atoms with E-state index in [0.717, 1.165) is 11.6 Å². The molecule has 1 heterocycles. The van der Waals surface area contributed by atoms with Gasteiger partial charge in [0.2, 0.25) is 0 Å². The number of benzene rings is 1. The zero-order valence-corrected chi connectivity index (χ0v) is 10.9. The second-order valence-electron chi connectivity index (χ2n) is 5.28. The SMILES string of the molecule is COc1ccc(C2COC(C(C)(C)C)=N2)cc1. The number of aliphatic imine (C=N–C) groups is 1. The summed E-state index contributed by atoms with van der Waals surface area (Å²) in [6.45, 7) is 6.98. The van der Waals surface area contributed by atoms with Gasteiger partial charge in [-0.2, -0.15) is 0 Å². The van der Waals surface area contributed by atoms with Crippen LogP contribution in [-0.2, 0) is 4.74 Å². The molecule has 0 aromatic heterocycles. The highest BCUT2D eigenvalue weighted by atomic mass is 16.5. The lowest BCUT2D eigenvalue weighted by atomic mass is 9.97. The first-order chi connectivity index (χ1) is 8.00. The van der Waals surface area contributed by atoms with Gasteiger partial charge >= 0.3 is 0 Å². The van der Waals surface area contributed by atoms with Crippen molar-refractivity contribution < 1.29 is 9.47 Å². The number of rotatable bonds is 2. The summed E-state index contributed by atoms with van der Waals surface area (Å²) in [6, 6.07) is 8.12. The Labute approximate surface area is 102 Å². The van der Waals surface area contributed by atoms with Gasteiger partial charge in [0, 0.05) is 5.41 Å². The van der Waals surface area contributed by atoms with Crippen molar-refractivity contribution in [2.24, 2.45) is 10.4 Å². The summed E-state index contributed by atoms with van der Waals surface area (Å²) in [5, 5.41) is 0. The third kappa shape index (κ3) is 2.60. The van der Waals surface area contributed by atoms with Crippen LogP contribution >= 0.6 is 0 Å². The van der Waals surface area contributed by atoms with Crippen molar-refractivity contribution in [3.63, 3.8) is 0 Å². The van der Waals surface area contributed by atoms with E-state index >= 15 is 0 Å². The molecule has 1 unspecified atom stereocenters. The molecule has 2 rings (SSSR count). The minimum Gasteiger partial charge on any atom is -0.497 e. The lowest BCUT2D eigenvalue weighted by Crippen LogP contribution is -2.20. The van der Waals surface area contributed by atoms with Crippen molar-refractivity contribution in [1.29, 1.82) is 0 Å². The minimum absolute atomic E-state index is 0.0127. The molecule has 0 fully saturated rings. The van der Waals surface area contributed by atoms with Crippen LogP contribution in [0.1, 0.15) is 32.4 Å². The average molecular weight is 233 g/mol. The van der Waals surface area contributed by atoms with Crippen LogP contribution in [0.15, 0.2) is 29.3 Å². The highest BCUT2D eigenvalue weighted by Gasteiger charge is 2.28. The minimum atomic E-state index is -0.0127. The Morgan fingerprint density at radius 3 is 2.35 bits per heavy atom. The molecule has 17 heavy (non-hydrogen) atoms. The fraction of sp³-hybridized carbons (Fsp3) is 0.500. The van der Waals surface area contributed by atoms with Gasteiger partial charge in [0.05, 0.1) is 7.11 Å². The Hall–Kier alpha value is -1.51. The van der Waals surface area contributed by atoms with Crippen LogP contribution in [0, 0.1) is 5.41 Å². The normalized spacial score (nSPS) is 19.8. The molecule has 0 N–H and O–H groups in total. The van der Waals surface area contributed by atoms with Crippen LogP contribution < -0.4 is 4.74 Å². The summed E-state index contributed by atoms with van der Waals surface area (Å²) < 4.78 is 10.8. The average Bonchev–Trinajstić information content (AvgIpc) is 2.78. The number of hydrogen-bond acceptors (Lipinski definition) is 3. The Balaban J connectivity index is 2.16. The van der Waals surface area contributed by atoms with E-state index in [1.165, 1.54) is 5.56 Å². The van der Waals surface area contributed by atoms with Crippen LogP contribution in [0.3, 0.4) is 0 Å². The predicted octanol–water partition coefficient (Wildman–Crippen LogP) is 3.21. The van der Waals surface area contributed by atoms with E-state index in [1.807, 2.05) is 24.3 Å². The van der Waals surface area contributed by atoms with E-state index in [1.54, 1.807) is 7.11 Å². The van der Waals surface area contributed by atoms with Crippen molar-refractivity contribution >= 4 is 5.90 Å². The van der Waals surface area contributed by atoms with E-state index in [4.69, 9.17) is 9.47 Å². The van der Waals surface area contributed by atoms with E-state index < -0.39 is 0 Å². The third-order valence-electron chi connectivity index (χ3n) is 2.79. The smallest absolute Gasteiger partial charge is 0.189 e. The van der Waals surface area contributed by atoms with Gasteiger partial charge in [-0.05, 0) is 17.7 Å². The van der Waals surface area contributed by atoms with E-state index in [9.17, 15) is 0 Å². The first-order valence-electron chi connectivity index (χ1n) is 5.86. The molecule has 0 bridgehead atoms. The Bertz CT molecular complexity index is 415. The maximum absolute atomic E-state index is 5.66. The molecule has 0 saturated carbocycles. The fourth-order valence-corrected chi connectivity index (χ4v) is 1.78.